The van der Waals surface area contributed by atoms with Crippen LogP contribution in [0.25, 0.3) is 0 Å². The van der Waals surface area contributed by atoms with Crippen molar-refractivity contribution in [2.45, 2.75) is 32.4 Å². The summed E-state index contributed by atoms with van der Waals surface area (Å²) in [5, 5.41) is 11.8. The van der Waals surface area contributed by atoms with E-state index < -0.39 is 0 Å². The lowest BCUT2D eigenvalue weighted by molar-refractivity contribution is 0.604. The fourth-order valence-corrected chi connectivity index (χ4v) is 2.40. The van der Waals surface area contributed by atoms with E-state index in [1.54, 1.807) is 0 Å². The number of rotatable bonds is 3. The maximum absolute atomic E-state index is 4.25. The summed E-state index contributed by atoms with van der Waals surface area (Å²) >= 11 is 0. The van der Waals surface area contributed by atoms with Gasteiger partial charge in [0.15, 0.2) is 5.82 Å². The molecule has 0 unspecified atom stereocenters. The molecule has 0 aliphatic carbocycles. The summed E-state index contributed by atoms with van der Waals surface area (Å²) in [6.45, 7) is 3.15. The molecule has 4 nitrogen and oxygen atoms in total. The van der Waals surface area contributed by atoms with Crippen molar-refractivity contribution in [3.8, 4) is 0 Å². The largest absolute Gasteiger partial charge is 0.375 e. The molecule has 0 fully saturated rings. The summed E-state index contributed by atoms with van der Waals surface area (Å²) in [5.74, 6) is 1.04. The Labute approximate surface area is 101 Å². The van der Waals surface area contributed by atoms with Gasteiger partial charge < -0.3 is 9.88 Å². The molecule has 0 radical (unpaired) electrons. The van der Waals surface area contributed by atoms with E-state index in [0.29, 0.717) is 0 Å². The standard InChI is InChI=1S/C13H16N4/c1-2-7-17-9-14-16-13(17)12-8-10-5-3-4-6-11(10)15-12/h3-6,9,12,15H,2,7-8H2,1H3/t12-/m0/s1. The van der Waals surface area contributed by atoms with Crippen molar-refractivity contribution in [1.29, 1.82) is 0 Å². The van der Waals surface area contributed by atoms with Gasteiger partial charge in [-0.2, -0.15) is 0 Å². The molecule has 2 heterocycles. The Morgan fingerprint density at radius 1 is 1.41 bits per heavy atom. The van der Waals surface area contributed by atoms with Crippen molar-refractivity contribution >= 4 is 5.69 Å². The maximum Gasteiger partial charge on any atom is 0.155 e. The van der Waals surface area contributed by atoms with Gasteiger partial charge in [0.2, 0.25) is 0 Å². The molecule has 1 aromatic heterocycles. The average Bonchev–Trinajstić information content (AvgIpc) is 2.94. The van der Waals surface area contributed by atoms with Crippen LogP contribution in [0.1, 0.15) is 30.8 Å². The van der Waals surface area contributed by atoms with Crippen molar-refractivity contribution in [3.05, 3.63) is 42.0 Å². The normalized spacial score (nSPS) is 17.8. The van der Waals surface area contributed by atoms with Crippen LogP contribution < -0.4 is 5.32 Å². The molecule has 1 aromatic carbocycles. The van der Waals surface area contributed by atoms with Gasteiger partial charge >= 0.3 is 0 Å². The number of hydrogen-bond acceptors (Lipinski definition) is 3. The number of benzene rings is 1. The fourth-order valence-electron chi connectivity index (χ4n) is 2.40. The molecule has 0 spiro atoms. The topological polar surface area (TPSA) is 42.7 Å². The van der Waals surface area contributed by atoms with Crippen LogP contribution in [0.2, 0.25) is 0 Å². The minimum atomic E-state index is 0.265. The van der Waals surface area contributed by atoms with Crippen LogP contribution in [0.3, 0.4) is 0 Å². The first-order valence-electron chi connectivity index (χ1n) is 6.10. The molecule has 1 atom stereocenters. The third-order valence-electron chi connectivity index (χ3n) is 3.19. The number of anilines is 1. The zero-order valence-electron chi connectivity index (χ0n) is 9.93. The van der Waals surface area contributed by atoms with Crippen LogP contribution in [-0.2, 0) is 13.0 Å². The molecular weight excluding hydrogens is 212 g/mol. The number of aromatic nitrogens is 3. The maximum atomic E-state index is 4.25. The minimum Gasteiger partial charge on any atom is -0.375 e. The van der Waals surface area contributed by atoms with Gasteiger partial charge in [-0.05, 0) is 18.1 Å². The molecule has 4 heteroatoms. The van der Waals surface area contributed by atoms with E-state index in [9.17, 15) is 0 Å². The van der Waals surface area contributed by atoms with E-state index in [4.69, 9.17) is 0 Å². The first-order valence-corrected chi connectivity index (χ1v) is 6.10. The highest BCUT2D eigenvalue weighted by Crippen LogP contribution is 2.32. The van der Waals surface area contributed by atoms with Crippen molar-refractivity contribution in [3.63, 3.8) is 0 Å². The van der Waals surface area contributed by atoms with Gasteiger partial charge in [-0.25, -0.2) is 0 Å². The number of fused-ring (bicyclic) bond motifs is 1. The number of nitrogens with one attached hydrogen (secondary N) is 1. The van der Waals surface area contributed by atoms with Crippen molar-refractivity contribution in [1.82, 2.24) is 14.8 Å². The molecular formula is C13H16N4. The molecule has 0 saturated carbocycles. The predicted molar refractivity (Wildman–Crippen MR) is 66.8 cm³/mol. The molecule has 17 heavy (non-hydrogen) atoms. The van der Waals surface area contributed by atoms with Crippen molar-refractivity contribution in [2.24, 2.45) is 0 Å². The summed E-state index contributed by atoms with van der Waals surface area (Å²) in [5.41, 5.74) is 2.59. The highest BCUT2D eigenvalue weighted by Gasteiger charge is 2.25. The Balaban J connectivity index is 1.86. The number of hydrogen-bond donors (Lipinski definition) is 1. The monoisotopic (exact) mass is 228 g/mol. The SMILES string of the molecule is CCCn1cnnc1[C@@H]1Cc2ccccc2N1. The number of para-hydroxylation sites is 1. The van der Waals surface area contributed by atoms with Gasteiger partial charge in [0.25, 0.3) is 0 Å². The average molecular weight is 228 g/mol. The molecule has 3 rings (SSSR count). The third kappa shape index (κ3) is 1.79. The van der Waals surface area contributed by atoms with Crippen molar-refractivity contribution < 1.29 is 0 Å². The Hall–Kier alpha value is -1.84. The molecule has 0 saturated heterocycles. The lowest BCUT2D eigenvalue weighted by Crippen LogP contribution is -2.13. The van der Waals surface area contributed by atoms with E-state index in [-0.39, 0.29) is 6.04 Å². The fraction of sp³-hybridized carbons (Fsp3) is 0.385. The quantitative estimate of drug-likeness (QED) is 0.877. The first kappa shape index (κ1) is 10.3. The Kier molecular flexibility index (Phi) is 2.55. The van der Waals surface area contributed by atoms with Crippen LogP contribution in [0, 0.1) is 0 Å². The summed E-state index contributed by atoms with van der Waals surface area (Å²) in [4.78, 5) is 0. The Bertz CT molecular complexity index is 493. The Morgan fingerprint density at radius 2 is 2.29 bits per heavy atom. The van der Waals surface area contributed by atoms with Crippen LogP contribution in [0.5, 0.6) is 0 Å². The van der Waals surface area contributed by atoms with Gasteiger partial charge in [-0.1, -0.05) is 25.1 Å². The Morgan fingerprint density at radius 3 is 3.12 bits per heavy atom. The van der Waals surface area contributed by atoms with Gasteiger partial charge in [-0.15, -0.1) is 10.2 Å². The second-order valence-electron chi connectivity index (χ2n) is 4.44. The van der Waals surface area contributed by atoms with Crippen LogP contribution in [0.4, 0.5) is 5.69 Å². The number of aryl methyl sites for hydroxylation is 1. The van der Waals surface area contributed by atoms with Crippen LogP contribution in [0.15, 0.2) is 30.6 Å². The van der Waals surface area contributed by atoms with E-state index in [2.05, 4.69) is 51.3 Å². The minimum absolute atomic E-state index is 0.265. The highest BCUT2D eigenvalue weighted by atomic mass is 15.3. The molecule has 0 bridgehead atoms. The van der Waals surface area contributed by atoms with E-state index in [1.165, 1.54) is 11.3 Å². The number of nitrogens with zero attached hydrogens (tertiary/aromatic N) is 3. The van der Waals surface area contributed by atoms with Gasteiger partial charge in [0.05, 0.1) is 6.04 Å². The zero-order chi connectivity index (χ0) is 11.7. The lowest BCUT2D eigenvalue weighted by atomic mass is 10.1. The molecule has 2 aromatic rings. The molecule has 0 amide bonds. The van der Waals surface area contributed by atoms with E-state index in [1.807, 2.05) is 6.33 Å². The van der Waals surface area contributed by atoms with Gasteiger partial charge in [0.1, 0.15) is 6.33 Å². The van der Waals surface area contributed by atoms with Gasteiger partial charge in [-0.3, -0.25) is 0 Å². The van der Waals surface area contributed by atoms with Crippen molar-refractivity contribution in [2.75, 3.05) is 5.32 Å². The smallest absolute Gasteiger partial charge is 0.155 e. The zero-order valence-corrected chi connectivity index (χ0v) is 9.93. The highest BCUT2D eigenvalue weighted by molar-refractivity contribution is 5.57. The van der Waals surface area contributed by atoms with E-state index in [0.717, 1.165) is 25.2 Å². The third-order valence-corrected chi connectivity index (χ3v) is 3.19. The molecule has 1 aliphatic rings. The predicted octanol–water partition coefficient (Wildman–Crippen LogP) is 2.40. The molecule has 88 valence electrons. The molecule has 1 N–H and O–H groups in total. The lowest BCUT2D eigenvalue weighted by Gasteiger charge is -2.12. The second-order valence-corrected chi connectivity index (χ2v) is 4.44. The summed E-state index contributed by atoms with van der Waals surface area (Å²) in [6.07, 6.45) is 3.92. The summed E-state index contributed by atoms with van der Waals surface area (Å²) in [7, 11) is 0. The van der Waals surface area contributed by atoms with E-state index >= 15 is 0 Å². The van der Waals surface area contributed by atoms with Crippen LogP contribution >= 0.6 is 0 Å². The molecule has 1 aliphatic heterocycles. The summed E-state index contributed by atoms with van der Waals surface area (Å²) in [6, 6.07) is 8.70. The first-order chi connectivity index (χ1) is 8.38. The van der Waals surface area contributed by atoms with Gasteiger partial charge in [0, 0.05) is 18.7 Å². The second kappa shape index (κ2) is 4.20. The van der Waals surface area contributed by atoms with Crippen LogP contribution in [-0.4, -0.2) is 14.8 Å². The summed E-state index contributed by atoms with van der Waals surface area (Å²) < 4.78 is 2.14.